The molecule has 1 saturated heterocycles. The second-order valence-electron chi connectivity index (χ2n) is 8.21. The summed E-state index contributed by atoms with van der Waals surface area (Å²) < 4.78 is 33.0. The summed E-state index contributed by atoms with van der Waals surface area (Å²) in [6, 6.07) is 2.69. The fourth-order valence-corrected chi connectivity index (χ4v) is 5.71. The van der Waals surface area contributed by atoms with E-state index in [2.05, 4.69) is 5.32 Å². The van der Waals surface area contributed by atoms with E-state index in [0.29, 0.717) is 24.0 Å². The number of ether oxygens (including phenoxy) is 1. The number of nitrogens with zero attached hydrogens (tertiary/aromatic N) is 1. The van der Waals surface area contributed by atoms with Crippen LogP contribution < -0.4 is 5.32 Å². The van der Waals surface area contributed by atoms with Gasteiger partial charge in [0.1, 0.15) is 6.04 Å². The van der Waals surface area contributed by atoms with Gasteiger partial charge < -0.3 is 10.1 Å². The number of esters is 1. The Labute approximate surface area is 173 Å². The molecule has 1 aliphatic heterocycles. The van der Waals surface area contributed by atoms with Crippen molar-refractivity contribution in [3.8, 4) is 0 Å². The molecule has 1 aromatic carbocycles. The maximum atomic E-state index is 13.3. The molecule has 1 amide bonds. The number of nitrogens with one attached hydrogen (secondary N) is 1. The first-order valence-corrected chi connectivity index (χ1v) is 11.4. The second kappa shape index (κ2) is 9.26. The Hall–Kier alpha value is -1.93. The molecule has 2 unspecified atom stereocenters. The number of sulfonamides is 1. The van der Waals surface area contributed by atoms with E-state index >= 15 is 0 Å². The fraction of sp³-hybridized carbons (Fsp3) is 0.619. The predicted molar refractivity (Wildman–Crippen MR) is 111 cm³/mol. The molecule has 8 heteroatoms. The Morgan fingerprint density at radius 1 is 1.17 bits per heavy atom. The van der Waals surface area contributed by atoms with Gasteiger partial charge in [-0.15, -0.1) is 0 Å². The van der Waals surface area contributed by atoms with Gasteiger partial charge in [0.05, 0.1) is 4.90 Å². The van der Waals surface area contributed by atoms with Crippen molar-refractivity contribution < 1.29 is 22.7 Å². The molecule has 0 aliphatic carbocycles. The Balaban J connectivity index is 2.13. The molecule has 1 fully saturated rings. The minimum Gasteiger partial charge on any atom is -0.454 e. The first-order valence-electron chi connectivity index (χ1n) is 10.0. The van der Waals surface area contributed by atoms with Gasteiger partial charge in [0.15, 0.2) is 6.61 Å². The third kappa shape index (κ3) is 5.36. The van der Waals surface area contributed by atoms with Crippen LogP contribution in [0.2, 0.25) is 0 Å². The van der Waals surface area contributed by atoms with Crippen molar-refractivity contribution in [2.45, 2.75) is 71.4 Å². The number of carbonyl (C=O) groups is 2. The van der Waals surface area contributed by atoms with Crippen molar-refractivity contribution in [3.63, 3.8) is 0 Å². The van der Waals surface area contributed by atoms with Gasteiger partial charge in [-0.25, -0.2) is 8.42 Å². The second-order valence-corrected chi connectivity index (χ2v) is 10.0. The van der Waals surface area contributed by atoms with E-state index in [0.717, 1.165) is 5.56 Å². The van der Waals surface area contributed by atoms with Crippen molar-refractivity contribution in [1.29, 1.82) is 0 Å². The largest absolute Gasteiger partial charge is 0.454 e. The summed E-state index contributed by atoms with van der Waals surface area (Å²) in [6.45, 7) is 11.1. The van der Waals surface area contributed by atoms with Crippen molar-refractivity contribution in [1.82, 2.24) is 9.62 Å². The summed E-state index contributed by atoms with van der Waals surface area (Å²) >= 11 is 0. The Kier molecular flexibility index (Phi) is 7.45. The van der Waals surface area contributed by atoms with Crippen LogP contribution in [0.5, 0.6) is 0 Å². The lowest BCUT2D eigenvalue weighted by molar-refractivity contribution is -0.151. The first kappa shape index (κ1) is 23.3. The number of benzene rings is 1. The topological polar surface area (TPSA) is 92.8 Å². The van der Waals surface area contributed by atoms with Crippen molar-refractivity contribution in [2.75, 3.05) is 13.2 Å². The van der Waals surface area contributed by atoms with Gasteiger partial charge in [-0.3, -0.25) is 9.59 Å². The zero-order chi connectivity index (χ0) is 21.9. The van der Waals surface area contributed by atoms with Crippen LogP contribution in [0.3, 0.4) is 0 Å². The first-order chi connectivity index (χ1) is 13.4. The monoisotopic (exact) mass is 424 g/mol. The zero-order valence-electron chi connectivity index (χ0n) is 18.1. The maximum absolute atomic E-state index is 13.3. The van der Waals surface area contributed by atoms with E-state index in [9.17, 15) is 18.0 Å². The minimum absolute atomic E-state index is 0.0444. The van der Waals surface area contributed by atoms with Crippen LogP contribution >= 0.6 is 0 Å². The molecular formula is C21H32N2O5S. The lowest BCUT2D eigenvalue weighted by Crippen LogP contribution is -2.43. The van der Waals surface area contributed by atoms with Crippen molar-refractivity contribution >= 4 is 21.9 Å². The highest BCUT2D eigenvalue weighted by molar-refractivity contribution is 7.89. The SMILES string of the molecule is Cc1cc(C)c(S(=O)(=O)N2CCCC2C(=O)OCC(=O)NC(C)C(C)C)c(C)c1. The number of hydrogen-bond acceptors (Lipinski definition) is 5. The summed E-state index contributed by atoms with van der Waals surface area (Å²) in [5.41, 5.74) is 2.30. The Morgan fingerprint density at radius 2 is 1.76 bits per heavy atom. The van der Waals surface area contributed by atoms with Crippen LogP contribution in [0, 0.1) is 26.7 Å². The molecule has 1 aliphatic rings. The van der Waals surface area contributed by atoms with E-state index in [1.165, 1.54) is 4.31 Å². The summed E-state index contributed by atoms with van der Waals surface area (Å²) in [6.07, 6.45) is 0.950. The van der Waals surface area contributed by atoms with Crippen LogP contribution in [0.1, 0.15) is 50.3 Å². The number of aryl methyl sites for hydroxylation is 3. The van der Waals surface area contributed by atoms with E-state index in [1.54, 1.807) is 13.8 Å². The summed E-state index contributed by atoms with van der Waals surface area (Å²) in [4.78, 5) is 24.8. The molecule has 29 heavy (non-hydrogen) atoms. The van der Waals surface area contributed by atoms with Crippen LogP contribution in [-0.4, -0.2) is 49.8 Å². The molecular weight excluding hydrogens is 392 g/mol. The third-order valence-electron chi connectivity index (χ3n) is 5.38. The van der Waals surface area contributed by atoms with Gasteiger partial charge in [0, 0.05) is 12.6 Å². The number of rotatable bonds is 7. The predicted octanol–water partition coefficient (Wildman–Crippen LogP) is 2.47. The molecule has 7 nitrogen and oxygen atoms in total. The van der Waals surface area contributed by atoms with Gasteiger partial charge in [0.25, 0.3) is 5.91 Å². The van der Waals surface area contributed by atoms with Crippen LogP contribution in [0.25, 0.3) is 0 Å². The molecule has 0 bridgehead atoms. The van der Waals surface area contributed by atoms with E-state index in [4.69, 9.17) is 4.74 Å². The van der Waals surface area contributed by atoms with Crippen LogP contribution in [0.15, 0.2) is 17.0 Å². The molecule has 0 radical (unpaired) electrons. The average Bonchev–Trinajstić information content (AvgIpc) is 3.09. The Bertz CT molecular complexity index is 856. The highest BCUT2D eigenvalue weighted by atomic mass is 32.2. The van der Waals surface area contributed by atoms with Gasteiger partial charge >= 0.3 is 5.97 Å². The molecule has 2 atom stereocenters. The van der Waals surface area contributed by atoms with Crippen molar-refractivity contribution in [3.05, 3.63) is 28.8 Å². The quantitative estimate of drug-likeness (QED) is 0.679. The minimum atomic E-state index is -3.85. The molecule has 2 rings (SSSR count). The van der Waals surface area contributed by atoms with E-state index in [1.807, 2.05) is 39.8 Å². The lowest BCUT2D eigenvalue weighted by Gasteiger charge is -2.25. The van der Waals surface area contributed by atoms with Crippen molar-refractivity contribution in [2.24, 2.45) is 5.92 Å². The van der Waals surface area contributed by atoms with Crippen LogP contribution in [0.4, 0.5) is 0 Å². The molecule has 1 N–H and O–H groups in total. The standard InChI is InChI=1S/C21H32N2O5S/c1-13(2)17(6)22-19(24)12-28-21(25)18-8-7-9-23(18)29(26,27)20-15(4)10-14(3)11-16(20)5/h10-11,13,17-18H,7-9,12H2,1-6H3,(H,22,24). The molecule has 162 valence electrons. The normalized spacial score (nSPS) is 18.7. The Morgan fingerprint density at radius 3 is 2.31 bits per heavy atom. The highest BCUT2D eigenvalue weighted by Gasteiger charge is 2.41. The molecule has 1 aromatic rings. The van der Waals surface area contributed by atoms with Gasteiger partial charge in [-0.2, -0.15) is 4.31 Å². The molecule has 0 aromatic heterocycles. The van der Waals surface area contributed by atoms with E-state index < -0.39 is 34.5 Å². The highest BCUT2D eigenvalue weighted by Crippen LogP contribution is 2.31. The number of hydrogen-bond donors (Lipinski definition) is 1. The number of amides is 1. The smallest absolute Gasteiger partial charge is 0.324 e. The average molecular weight is 425 g/mol. The van der Waals surface area contributed by atoms with Crippen LogP contribution in [-0.2, 0) is 24.3 Å². The summed E-state index contributed by atoms with van der Waals surface area (Å²) in [5, 5.41) is 2.76. The fourth-order valence-electron chi connectivity index (χ4n) is 3.65. The number of carbonyl (C=O) groups excluding carboxylic acids is 2. The molecule has 0 spiro atoms. The summed E-state index contributed by atoms with van der Waals surface area (Å²) in [5.74, 6) is -0.816. The molecule has 1 heterocycles. The van der Waals surface area contributed by atoms with E-state index in [-0.39, 0.29) is 23.4 Å². The van der Waals surface area contributed by atoms with Gasteiger partial charge in [-0.1, -0.05) is 31.5 Å². The lowest BCUT2D eigenvalue weighted by atomic mass is 10.1. The van der Waals surface area contributed by atoms with Gasteiger partial charge in [-0.05, 0) is 57.6 Å². The maximum Gasteiger partial charge on any atom is 0.324 e. The molecule has 0 saturated carbocycles. The zero-order valence-corrected chi connectivity index (χ0v) is 18.9. The summed E-state index contributed by atoms with van der Waals surface area (Å²) in [7, 11) is -3.85. The third-order valence-corrected chi connectivity index (χ3v) is 7.60. The van der Waals surface area contributed by atoms with Gasteiger partial charge in [0.2, 0.25) is 10.0 Å².